The zero-order chi connectivity index (χ0) is 20.4. The average molecular weight is 385 g/mol. The second-order valence-corrected chi connectivity index (χ2v) is 6.49. The summed E-state index contributed by atoms with van der Waals surface area (Å²) in [5, 5.41) is 16.1. The normalized spacial score (nSPS) is 11.9. The molecule has 0 spiro atoms. The molecular formula is C19H23N5O4. The van der Waals surface area contributed by atoms with E-state index in [1.807, 2.05) is 29.9 Å². The SMILES string of the molecule is COC(=O)c1cc(NC(=O)c2cc(NC(O)c3cccn3C)cn2C)cn1C. The highest BCUT2D eigenvalue weighted by molar-refractivity contribution is 6.04. The van der Waals surface area contributed by atoms with Crippen LogP contribution in [0, 0.1) is 0 Å². The lowest BCUT2D eigenvalue weighted by atomic mass is 10.3. The molecule has 3 N–H and O–H groups in total. The summed E-state index contributed by atoms with van der Waals surface area (Å²) < 4.78 is 9.75. The van der Waals surface area contributed by atoms with Crippen LogP contribution in [0.1, 0.15) is 32.9 Å². The largest absolute Gasteiger partial charge is 0.464 e. The maximum absolute atomic E-state index is 12.6. The number of aliphatic hydroxyl groups excluding tert-OH is 1. The number of nitrogens with one attached hydrogen (secondary N) is 2. The molecule has 28 heavy (non-hydrogen) atoms. The van der Waals surface area contributed by atoms with Crippen molar-refractivity contribution in [2.45, 2.75) is 6.23 Å². The third kappa shape index (κ3) is 3.79. The van der Waals surface area contributed by atoms with Crippen LogP contribution in [-0.4, -0.2) is 37.8 Å². The van der Waals surface area contributed by atoms with Gasteiger partial charge in [-0.3, -0.25) is 4.79 Å². The quantitative estimate of drug-likeness (QED) is 0.444. The molecule has 0 saturated heterocycles. The van der Waals surface area contributed by atoms with Crippen molar-refractivity contribution >= 4 is 23.3 Å². The first-order valence-corrected chi connectivity index (χ1v) is 8.58. The molecule has 0 fully saturated rings. The van der Waals surface area contributed by atoms with E-state index in [1.54, 1.807) is 47.8 Å². The molecule has 9 nitrogen and oxygen atoms in total. The molecule has 3 aromatic rings. The van der Waals surface area contributed by atoms with Gasteiger partial charge in [-0.2, -0.15) is 0 Å². The number of methoxy groups -OCH3 is 1. The highest BCUT2D eigenvalue weighted by Gasteiger charge is 2.18. The van der Waals surface area contributed by atoms with E-state index < -0.39 is 12.2 Å². The van der Waals surface area contributed by atoms with Gasteiger partial charge in [0.1, 0.15) is 11.4 Å². The third-order valence-electron chi connectivity index (χ3n) is 4.46. The second-order valence-electron chi connectivity index (χ2n) is 6.49. The maximum atomic E-state index is 12.6. The summed E-state index contributed by atoms with van der Waals surface area (Å²) in [7, 11) is 6.57. The molecule has 148 valence electrons. The summed E-state index contributed by atoms with van der Waals surface area (Å²) >= 11 is 0. The predicted molar refractivity (Wildman–Crippen MR) is 104 cm³/mol. The van der Waals surface area contributed by atoms with Crippen LogP contribution in [0.5, 0.6) is 0 Å². The van der Waals surface area contributed by atoms with Crippen molar-refractivity contribution in [2.24, 2.45) is 21.1 Å². The smallest absolute Gasteiger partial charge is 0.354 e. The first-order valence-electron chi connectivity index (χ1n) is 8.58. The first kappa shape index (κ1) is 19.3. The summed E-state index contributed by atoms with van der Waals surface area (Å²) in [6, 6.07) is 6.84. The number of esters is 1. The number of hydrogen-bond donors (Lipinski definition) is 3. The Bertz CT molecular complexity index is 1010. The Hall–Kier alpha value is -3.46. The number of carbonyl (C=O) groups excluding carboxylic acids is 2. The van der Waals surface area contributed by atoms with Crippen molar-refractivity contribution in [1.29, 1.82) is 0 Å². The van der Waals surface area contributed by atoms with E-state index in [0.717, 1.165) is 0 Å². The topological polar surface area (TPSA) is 102 Å². The van der Waals surface area contributed by atoms with Crippen LogP contribution >= 0.6 is 0 Å². The summed E-state index contributed by atoms with van der Waals surface area (Å²) in [4.78, 5) is 24.3. The Balaban J connectivity index is 1.73. The zero-order valence-corrected chi connectivity index (χ0v) is 16.1. The lowest BCUT2D eigenvalue weighted by molar-refractivity contribution is 0.0589. The number of carbonyl (C=O) groups is 2. The molecule has 0 aliphatic carbocycles. The number of hydrogen-bond acceptors (Lipinski definition) is 5. The number of rotatable bonds is 6. The third-order valence-corrected chi connectivity index (χ3v) is 4.46. The van der Waals surface area contributed by atoms with Gasteiger partial charge in [-0.05, 0) is 24.3 Å². The average Bonchev–Trinajstić information content (AvgIpc) is 3.33. The zero-order valence-electron chi connectivity index (χ0n) is 16.1. The molecule has 1 atom stereocenters. The van der Waals surface area contributed by atoms with E-state index in [2.05, 4.69) is 10.6 Å². The Morgan fingerprint density at radius 1 is 1.04 bits per heavy atom. The molecule has 1 amide bonds. The maximum Gasteiger partial charge on any atom is 0.354 e. The number of nitrogens with zero attached hydrogens (tertiary/aromatic N) is 3. The predicted octanol–water partition coefficient (Wildman–Crippen LogP) is 1.84. The van der Waals surface area contributed by atoms with Gasteiger partial charge in [0.25, 0.3) is 5.91 Å². The molecule has 3 rings (SSSR count). The summed E-state index contributed by atoms with van der Waals surface area (Å²) in [6.07, 6.45) is 4.28. The molecule has 0 bridgehead atoms. The molecule has 0 saturated carbocycles. The van der Waals surface area contributed by atoms with Crippen LogP contribution in [0.2, 0.25) is 0 Å². The Morgan fingerprint density at radius 3 is 2.32 bits per heavy atom. The van der Waals surface area contributed by atoms with Gasteiger partial charge in [0.05, 0.1) is 24.2 Å². The first-order chi connectivity index (χ1) is 13.3. The second kappa shape index (κ2) is 7.65. The van der Waals surface area contributed by atoms with E-state index in [9.17, 15) is 14.7 Å². The number of amides is 1. The van der Waals surface area contributed by atoms with Gasteiger partial charge >= 0.3 is 5.97 Å². The molecule has 3 heterocycles. The van der Waals surface area contributed by atoms with Crippen LogP contribution < -0.4 is 10.6 Å². The summed E-state index contributed by atoms with van der Waals surface area (Å²) in [6.45, 7) is 0. The number of aliphatic hydroxyl groups is 1. The van der Waals surface area contributed by atoms with Gasteiger partial charge in [-0.25, -0.2) is 4.79 Å². The van der Waals surface area contributed by atoms with Crippen molar-refractivity contribution in [2.75, 3.05) is 17.7 Å². The molecule has 1 unspecified atom stereocenters. The number of aryl methyl sites for hydroxylation is 3. The standard InChI is InChI=1S/C19H23N5O4/c1-22-7-5-6-14(22)17(25)20-12-8-15(23(2)10-12)18(26)21-13-9-16(19(27)28-4)24(3)11-13/h5-11,17,20,25H,1-4H3,(H,21,26). The fraction of sp³-hybridized carbons (Fsp3) is 0.263. The molecule has 3 aromatic heterocycles. The molecule has 0 aliphatic heterocycles. The lowest BCUT2D eigenvalue weighted by Crippen LogP contribution is -2.15. The van der Waals surface area contributed by atoms with E-state index in [1.165, 1.54) is 7.11 Å². The fourth-order valence-corrected chi connectivity index (χ4v) is 2.99. The molecular weight excluding hydrogens is 362 g/mol. The lowest BCUT2D eigenvalue weighted by Gasteiger charge is -2.13. The molecule has 0 radical (unpaired) electrons. The Kier molecular flexibility index (Phi) is 5.27. The summed E-state index contributed by atoms with van der Waals surface area (Å²) in [5.74, 6) is -0.825. The molecule has 0 aromatic carbocycles. The Labute approximate surface area is 162 Å². The van der Waals surface area contributed by atoms with Gasteiger partial charge in [0.2, 0.25) is 0 Å². The highest BCUT2D eigenvalue weighted by atomic mass is 16.5. The van der Waals surface area contributed by atoms with E-state index in [-0.39, 0.29) is 5.91 Å². The van der Waals surface area contributed by atoms with Crippen molar-refractivity contribution in [3.05, 3.63) is 59.9 Å². The van der Waals surface area contributed by atoms with Crippen LogP contribution in [0.3, 0.4) is 0 Å². The summed E-state index contributed by atoms with van der Waals surface area (Å²) in [5.41, 5.74) is 2.51. The number of aromatic nitrogens is 3. The van der Waals surface area contributed by atoms with Crippen LogP contribution in [0.25, 0.3) is 0 Å². The van der Waals surface area contributed by atoms with E-state index in [4.69, 9.17) is 4.74 Å². The minimum Gasteiger partial charge on any atom is -0.464 e. The van der Waals surface area contributed by atoms with Crippen molar-refractivity contribution in [3.63, 3.8) is 0 Å². The number of anilines is 2. The number of ether oxygens (including phenoxy) is 1. The van der Waals surface area contributed by atoms with Gasteiger partial charge in [-0.15, -0.1) is 0 Å². The Morgan fingerprint density at radius 2 is 1.68 bits per heavy atom. The van der Waals surface area contributed by atoms with Crippen molar-refractivity contribution in [3.8, 4) is 0 Å². The minimum absolute atomic E-state index is 0.331. The minimum atomic E-state index is -0.907. The van der Waals surface area contributed by atoms with Crippen molar-refractivity contribution in [1.82, 2.24) is 13.7 Å². The van der Waals surface area contributed by atoms with E-state index >= 15 is 0 Å². The van der Waals surface area contributed by atoms with E-state index in [0.29, 0.717) is 28.5 Å². The van der Waals surface area contributed by atoms with Gasteiger partial charge in [0, 0.05) is 39.7 Å². The molecule has 0 aliphatic rings. The van der Waals surface area contributed by atoms with Gasteiger partial charge in [0.15, 0.2) is 6.23 Å². The highest BCUT2D eigenvalue weighted by Crippen LogP contribution is 2.21. The van der Waals surface area contributed by atoms with Gasteiger partial charge in [-0.1, -0.05) is 0 Å². The fourth-order valence-electron chi connectivity index (χ4n) is 2.99. The van der Waals surface area contributed by atoms with Gasteiger partial charge < -0.3 is 34.2 Å². The van der Waals surface area contributed by atoms with Crippen LogP contribution in [0.4, 0.5) is 11.4 Å². The van der Waals surface area contributed by atoms with Crippen LogP contribution in [0.15, 0.2) is 42.9 Å². The van der Waals surface area contributed by atoms with Crippen LogP contribution in [-0.2, 0) is 25.9 Å². The monoisotopic (exact) mass is 385 g/mol. The van der Waals surface area contributed by atoms with Crippen molar-refractivity contribution < 1.29 is 19.4 Å². The molecule has 9 heteroatoms.